The lowest BCUT2D eigenvalue weighted by atomic mass is 10.1. The number of carbonyl (C=O) groups excluding carboxylic acids is 1. The topological polar surface area (TPSA) is 38.3 Å². The molecule has 27 heavy (non-hydrogen) atoms. The Morgan fingerprint density at radius 3 is 2.41 bits per heavy atom. The summed E-state index contributed by atoms with van der Waals surface area (Å²) in [6.45, 7) is 0.280. The van der Waals surface area contributed by atoms with Crippen molar-refractivity contribution >= 4 is 17.5 Å². The molecule has 0 saturated carbocycles. The van der Waals surface area contributed by atoms with Crippen LogP contribution < -0.4 is 10.1 Å². The second-order valence-corrected chi connectivity index (χ2v) is 6.14. The molecule has 0 radical (unpaired) electrons. The van der Waals surface area contributed by atoms with E-state index in [-0.39, 0.29) is 25.5 Å². The van der Waals surface area contributed by atoms with Crippen LogP contribution in [0.2, 0.25) is 5.02 Å². The van der Waals surface area contributed by atoms with Crippen LogP contribution in [0.5, 0.6) is 5.75 Å². The molecule has 0 bridgehead atoms. The van der Waals surface area contributed by atoms with Gasteiger partial charge in [0.1, 0.15) is 12.4 Å². The number of ether oxygens (including phenoxy) is 1. The lowest BCUT2D eigenvalue weighted by Gasteiger charge is -2.09. The fourth-order valence-corrected chi connectivity index (χ4v) is 2.55. The molecule has 0 fully saturated rings. The van der Waals surface area contributed by atoms with Gasteiger partial charge in [0.25, 0.3) is 0 Å². The number of halogens is 4. The summed E-state index contributed by atoms with van der Waals surface area (Å²) in [6.07, 6.45) is 1.44. The molecule has 2 rings (SSSR count). The van der Waals surface area contributed by atoms with Gasteiger partial charge in [0.15, 0.2) is 0 Å². The zero-order valence-corrected chi connectivity index (χ0v) is 15.0. The standard InChI is InChI=1S/C20H17ClF3NO2/c1-2-11-27-18-9-5-14(12-17(18)21)6-10-19(26)25-13-15-3-7-16(8-4-15)20(22,23)24/h1,3-5,7-9,12H,6,10-11,13H2,(H,25,26). The molecule has 0 atom stereocenters. The molecular formula is C20H17ClF3NO2. The smallest absolute Gasteiger partial charge is 0.416 e. The Hall–Kier alpha value is -2.65. The quantitative estimate of drug-likeness (QED) is 0.695. The van der Waals surface area contributed by atoms with Gasteiger partial charge in [-0.3, -0.25) is 4.79 Å². The Balaban J connectivity index is 1.81. The summed E-state index contributed by atoms with van der Waals surface area (Å²) < 4.78 is 42.8. The molecule has 2 aromatic rings. The van der Waals surface area contributed by atoms with Crippen LogP contribution in [0.4, 0.5) is 13.2 Å². The predicted octanol–water partition coefficient (Wildman–Crippen LogP) is 4.62. The molecule has 0 aliphatic rings. The molecule has 0 unspecified atom stereocenters. The van der Waals surface area contributed by atoms with Crippen molar-refractivity contribution in [1.82, 2.24) is 5.32 Å². The van der Waals surface area contributed by atoms with Gasteiger partial charge >= 0.3 is 6.18 Å². The SMILES string of the molecule is C#CCOc1ccc(CCC(=O)NCc2ccc(C(F)(F)F)cc2)cc1Cl. The first-order valence-corrected chi connectivity index (χ1v) is 8.45. The number of carbonyl (C=O) groups is 1. The fourth-order valence-electron chi connectivity index (χ4n) is 2.29. The van der Waals surface area contributed by atoms with Gasteiger partial charge in [-0.15, -0.1) is 6.42 Å². The molecule has 1 amide bonds. The highest BCUT2D eigenvalue weighted by Gasteiger charge is 2.29. The van der Waals surface area contributed by atoms with E-state index in [0.29, 0.717) is 22.8 Å². The third-order valence-corrected chi connectivity index (χ3v) is 4.01. The van der Waals surface area contributed by atoms with Crippen molar-refractivity contribution in [2.24, 2.45) is 0 Å². The number of hydrogen-bond acceptors (Lipinski definition) is 2. The van der Waals surface area contributed by atoms with Crippen molar-refractivity contribution < 1.29 is 22.7 Å². The van der Waals surface area contributed by atoms with Crippen molar-refractivity contribution in [1.29, 1.82) is 0 Å². The van der Waals surface area contributed by atoms with Crippen LogP contribution in [0.25, 0.3) is 0 Å². The van der Waals surface area contributed by atoms with Crippen LogP contribution in [0, 0.1) is 12.3 Å². The van der Waals surface area contributed by atoms with Crippen molar-refractivity contribution in [2.75, 3.05) is 6.61 Å². The summed E-state index contributed by atoms with van der Waals surface area (Å²) in [5.41, 5.74) is 0.733. The van der Waals surface area contributed by atoms with E-state index in [1.165, 1.54) is 12.1 Å². The van der Waals surface area contributed by atoms with Crippen LogP contribution in [0.15, 0.2) is 42.5 Å². The number of aryl methyl sites for hydroxylation is 1. The maximum Gasteiger partial charge on any atom is 0.416 e. The minimum absolute atomic E-state index is 0.116. The lowest BCUT2D eigenvalue weighted by Crippen LogP contribution is -2.23. The number of benzene rings is 2. The first kappa shape index (κ1) is 20.7. The first-order valence-electron chi connectivity index (χ1n) is 8.07. The highest BCUT2D eigenvalue weighted by Crippen LogP contribution is 2.29. The largest absolute Gasteiger partial charge is 0.479 e. The molecule has 0 aliphatic heterocycles. The molecular weight excluding hydrogens is 379 g/mol. The Morgan fingerprint density at radius 2 is 1.81 bits per heavy atom. The first-order chi connectivity index (χ1) is 12.8. The Labute approximate surface area is 160 Å². The summed E-state index contributed by atoms with van der Waals surface area (Å²) in [4.78, 5) is 11.9. The van der Waals surface area contributed by atoms with Crippen molar-refractivity contribution in [2.45, 2.75) is 25.6 Å². The van der Waals surface area contributed by atoms with E-state index in [0.717, 1.165) is 17.7 Å². The maximum atomic E-state index is 12.5. The van der Waals surface area contributed by atoms with E-state index in [9.17, 15) is 18.0 Å². The van der Waals surface area contributed by atoms with Crippen molar-refractivity contribution in [3.05, 3.63) is 64.2 Å². The lowest BCUT2D eigenvalue weighted by molar-refractivity contribution is -0.137. The van der Waals surface area contributed by atoms with E-state index in [1.807, 2.05) is 0 Å². The molecule has 0 spiro atoms. The van der Waals surface area contributed by atoms with Gasteiger partial charge in [0.05, 0.1) is 10.6 Å². The molecule has 7 heteroatoms. The molecule has 3 nitrogen and oxygen atoms in total. The van der Waals surface area contributed by atoms with E-state index in [4.69, 9.17) is 22.8 Å². The minimum atomic E-state index is -4.37. The zero-order chi connectivity index (χ0) is 19.9. The number of amides is 1. The van der Waals surface area contributed by atoms with Crippen LogP contribution in [-0.4, -0.2) is 12.5 Å². The third kappa shape index (κ3) is 6.54. The van der Waals surface area contributed by atoms with Gasteiger partial charge < -0.3 is 10.1 Å². The summed E-state index contributed by atoms with van der Waals surface area (Å²) in [5.74, 6) is 2.61. The molecule has 0 aromatic heterocycles. The van der Waals surface area contributed by atoms with Gasteiger partial charge in [0, 0.05) is 13.0 Å². The number of alkyl halides is 3. The molecule has 0 aliphatic carbocycles. The van der Waals surface area contributed by atoms with Crippen LogP contribution >= 0.6 is 11.6 Å². The summed E-state index contributed by atoms with van der Waals surface area (Å²) in [7, 11) is 0. The predicted molar refractivity (Wildman–Crippen MR) is 97.4 cm³/mol. The zero-order valence-electron chi connectivity index (χ0n) is 14.3. The fraction of sp³-hybridized carbons (Fsp3) is 0.250. The maximum absolute atomic E-state index is 12.5. The van der Waals surface area contributed by atoms with E-state index >= 15 is 0 Å². The van der Waals surface area contributed by atoms with Crippen LogP contribution in [0.1, 0.15) is 23.1 Å². The second kappa shape index (κ2) is 9.33. The Kier molecular flexibility index (Phi) is 7.14. The monoisotopic (exact) mass is 395 g/mol. The summed E-state index contributed by atoms with van der Waals surface area (Å²) >= 11 is 6.09. The second-order valence-electron chi connectivity index (χ2n) is 5.73. The average molecular weight is 396 g/mol. The van der Waals surface area contributed by atoms with Crippen molar-refractivity contribution in [3.8, 4) is 18.1 Å². The van der Waals surface area contributed by atoms with Crippen molar-refractivity contribution in [3.63, 3.8) is 0 Å². The van der Waals surface area contributed by atoms with Gasteiger partial charge in [-0.2, -0.15) is 13.2 Å². The third-order valence-electron chi connectivity index (χ3n) is 3.72. The van der Waals surface area contributed by atoms with Gasteiger partial charge in [-0.05, 0) is 41.8 Å². The van der Waals surface area contributed by atoms with Crippen LogP contribution in [0.3, 0.4) is 0 Å². The Bertz CT molecular complexity index is 827. The molecule has 0 heterocycles. The number of rotatable bonds is 7. The van der Waals surface area contributed by atoms with Gasteiger partial charge in [-0.1, -0.05) is 35.7 Å². The average Bonchev–Trinajstić information content (AvgIpc) is 2.63. The van der Waals surface area contributed by atoms with E-state index in [2.05, 4.69) is 11.2 Å². The number of nitrogens with one attached hydrogen (secondary N) is 1. The number of terminal acetylenes is 1. The minimum Gasteiger partial charge on any atom is -0.479 e. The highest BCUT2D eigenvalue weighted by molar-refractivity contribution is 6.32. The van der Waals surface area contributed by atoms with Gasteiger partial charge in [-0.25, -0.2) is 0 Å². The van der Waals surface area contributed by atoms with E-state index < -0.39 is 11.7 Å². The van der Waals surface area contributed by atoms with Crippen LogP contribution in [-0.2, 0) is 23.9 Å². The number of hydrogen-bond donors (Lipinski definition) is 1. The normalized spacial score (nSPS) is 10.9. The molecule has 142 valence electrons. The summed E-state index contributed by atoms with van der Waals surface area (Å²) in [5, 5.41) is 3.09. The summed E-state index contributed by atoms with van der Waals surface area (Å²) in [6, 6.07) is 9.86. The highest BCUT2D eigenvalue weighted by atomic mass is 35.5. The van der Waals surface area contributed by atoms with Gasteiger partial charge in [0.2, 0.25) is 5.91 Å². The molecule has 2 aromatic carbocycles. The molecule has 1 N–H and O–H groups in total. The Morgan fingerprint density at radius 1 is 1.15 bits per heavy atom. The molecule has 0 saturated heterocycles. The van der Waals surface area contributed by atoms with E-state index in [1.54, 1.807) is 18.2 Å².